The summed E-state index contributed by atoms with van der Waals surface area (Å²) in [7, 11) is -1.93. The predicted octanol–water partition coefficient (Wildman–Crippen LogP) is 5.78. The Morgan fingerprint density at radius 3 is 2.21 bits per heavy atom. The van der Waals surface area contributed by atoms with Crippen LogP contribution < -0.4 is 0 Å². The van der Waals surface area contributed by atoms with Crippen LogP contribution in [0.1, 0.15) is 64.5 Å². The van der Waals surface area contributed by atoms with E-state index in [1.165, 1.54) is 19.3 Å². The molecule has 2 aliphatic rings. The van der Waals surface area contributed by atoms with Gasteiger partial charge < -0.3 is 13.9 Å². The zero-order chi connectivity index (χ0) is 17.4. The zero-order valence-corrected chi connectivity index (χ0v) is 16.8. The molecule has 2 fully saturated rings. The Kier molecular flexibility index (Phi) is 4.95. The first-order valence-electron chi connectivity index (χ1n) is 9.31. The van der Waals surface area contributed by atoms with Gasteiger partial charge in [0.2, 0.25) is 0 Å². The minimum atomic E-state index is -1.93. The lowest BCUT2D eigenvalue weighted by molar-refractivity contribution is -0.212. The number of rotatable bonds is 3. The third-order valence-corrected chi connectivity index (χ3v) is 10.3. The van der Waals surface area contributed by atoms with Gasteiger partial charge in [0.05, 0.1) is 0 Å². The van der Waals surface area contributed by atoms with E-state index in [4.69, 9.17) is 13.9 Å². The molecular formula is C20H32O3Si. The van der Waals surface area contributed by atoms with Gasteiger partial charge in [-0.05, 0) is 36.5 Å². The van der Waals surface area contributed by atoms with Crippen LogP contribution in [0.3, 0.4) is 0 Å². The second-order valence-electron chi connectivity index (χ2n) is 8.78. The van der Waals surface area contributed by atoms with E-state index in [2.05, 4.69) is 58.1 Å². The van der Waals surface area contributed by atoms with Crippen LogP contribution >= 0.6 is 0 Å². The molecule has 24 heavy (non-hydrogen) atoms. The summed E-state index contributed by atoms with van der Waals surface area (Å²) < 4.78 is 19.6. The molecule has 1 spiro atoms. The van der Waals surface area contributed by atoms with Crippen LogP contribution in [0.25, 0.3) is 0 Å². The fourth-order valence-corrected chi connectivity index (χ4v) is 4.44. The maximum atomic E-state index is 6.65. The van der Waals surface area contributed by atoms with Crippen LogP contribution in [-0.4, -0.2) is 20.4 Å². The molecule has 0 bridgehead atoms. The second kappa shape index (κ2) is 6.56. The van der Waals surface area contributed by atoms with Crippen molar-refractivity contribution in [1.29, 1.82) is 0 Å². The number of benzene rings is 1. The fourth-order valence-electron chi connectivity index (χ4n) is 3.34. The first kappa shape index (κ1) is 18.1. The highest BCUT2D eigenvalue weighted by Crippen LogP contribution is 2.48. The van der Waals surface area contributed by atoms with Crippen molar-refractivity contribution in [2.75, 3.05) is 0 Å². The van der Waals surface area contributed by atoms with Crippen LogP contribution in [0, 0.1) is 0 Å². The highest BCUT2D eigenvalue weighted by molar-refractivity contribution is 6.74. The Labute approximate surface area is 147 Å². The Hall–Kier alpha value is -0.683. The summed E-state index contributed by atoms with van der Waals surface area (Å²) in [6, 6.07) is 10.4. The predicted molar refractivity (Wildman–Crippen MR) is 99.2 cm³/mol. The van der Waals surface area contributed by atoms with Crippen LogP contribution in [0.2, 0.25) is 18.1 Å². The molecule has 3 nitrogen and oxygen atoms in total. The molecule has 0 amide bonds. The van der Waals surface area contributed by atoms with E-state index in [1.807, 2.05) is 6.07 Å². The van der Waals surface area contributed by atoms with E-state index in [9.17, 15) is 0 Å². The summed E-state index contributed by atoms with van der Waals surface area (Å²) in [4.78, 5) is 0. The largest absolute Gasteiger partial charge is 0.390 e. The van der Waals surface area contributed by atoms with Crippen molar-refractivity contribution < 1.29 is 13.9 Å². The summed E-state index contributed by atoms with van der Waals surface area (Å²) in [5, 5.41) is 0.153. The Bertz CT molecular complexity index is 544. The van der Waals surface area contributed by atoms with Crippen LogP contribution in [0.5, 0.6) is 0 Å². The topological polar surface area (TPSA) is 27.7 Å². The van der Waals surface area contributed by atoms with Crippen LogP contribution in [0.15, 0.2) is 30.3 Å². The summed E-state index contributed by atoms with van der Waals surface area (Å²) in [5.41, 5.74) is 1.16. The Balaban J connectivity index is 1.86. The average Bonchev–Trinajstić information content (AvgIpc) is 2.85. The summed E-state index contributed by atoms with van der Waals surface area (Å²) in [5.74, 6) is -0.439. The van der Waals surface area contributed by atoms with Gasteiger partial charge in [-0.1, -0.05) is 57.5 Å². The maximum absolute atomic E-state index is 6.65. The standard InChI is InChI=1S/C20H32O3Si/c1-19(2,3)24(4,5)23-18-17(16-12-8-6-9-13-16)21-20(22-18)14-10-7-11-15-20/h6,8-9,12-13,17-18H,7,10-11,14-15H2,1-5H3/t17-,18-/m0/s1. The van der Waals surface area contributed by atoms with Gasteiger partial charge in [0, 0.05) is 12.8 Å². The van der Waals surface area contributed by atoms with E-state index >= 15 is 0 Å². The maximum Gasteiger partial charge on any atom is 0.195 e. The molecule has 2 atom stereocenters. The van der Waals surface area contributed by atoms with Crippen molar-refractivity contribution in [2.24, 2.45) is 0 Å². The lowest BCUT2D eigenvalue weighted by atomic mass is 9.94. The lowest BCUT2D eigenvalue weighted by Gasteiger charge is -2.39. The number of ether oxygens (including phenoxy) is 2. The molecule has 1 aliphatic carbocycles. The lowest BCUT2D eigenvalue weighted by Crippen LogP contribution is -2.45. The minimum absolute atomic E-state index is 0.126. The molecule has 1 saturated carbocycles. The van der Waals surface area contributed by atoms with Crippen LogP contribution in [-0.2, 0) is 13.9 Å². The molecule has 0 unspecified atom stereocenters. The van der Waals surface area contributed by atoms with Crippen molar-refractivity contribution in [3.63, 3.8) is 0 Å². The second-order valence-corrected chi connectivity index (χ2v) is 13.5. The van der Waals surface area contributed by atoms with Gasteiger partial charge in [0.15, 0.2) is 20.4 Å². The van der Waals surface area contributed by atoms with Gasteiger partial charge in [0.25, 0.3) is 0 Å². The Morgan fingerprint density at radius 2 is 1.62 bits per heavy atom. The highest BCUT2D eigenvalue weighted by Gasteiger charge is 2.52. The monoisotopic (exact) mass is 348 g/mol. The molecule has 3 rings (SSSR count). The molecule has 4 heteroatoms. The van der Waals surface area contributed by atoms with E-state index in [0.29, 0.717) is 0 Å². The quantitative estimate of drug-likeness (QED) is 0.648. The molecule has 0 N–H and O–H groups in total. The van der Waals surface area contributed by atoms with E-state index in [1.54, 1.807) is 0 Å². The highest BCUT2D eigenvalue weighted by atomic mass is 28.4. The number of hydrogen-bond donors (Lipinski definition) is 0. The molecule has 1 saturated heterocycles. The van der Waals surface area contributed by atoms with Crippen LogP contribution in [0.4, 0.5) is 0 Å². The number of hydrogen-bond acceptors (Lipinski definition) is 3. The molecule has 1 aliphatic heterocycles. The third-order valence-electron chi connectivity index (χ3n) is 5.88. The molecule has 134 valence electrons. The van der Waals surface area contributed by atoms with Gasteiger partial charge in [-0.3, -0.25) is 0 Å². The smallest absolute Gasteiger partial charge is 0.195 e. The van der Waals surface area contributed by atoms with Gasteiger partial charge in [-0.25, -0.2) is 0 Å². The van der Waals surface area contributed by atoms with E-state index in [0.717, 1.165) is 18.4 Å². The van der Waals surface area contributed by atoms with E-state index in [-0.39, 0.29) is 17.4 Å². The first-order chi connectivity index (χ1) is 11.2. The van der Waals surface area contributed by atoms with E-state index < -0.39 is 14.1 Å². The van der Waals surface area contributed by atoms with Crippen molar-refractivity contribution in [2.45, 2.75) is 89.2 Å². The fraction of sp³-hybridized carbons (Fsp3) is 0.700. The molecular weight excluding hydrogens is 316 g/mol. The van der Waals surface area contributed by atoms with Crippen molar-refractivity contribution in [3.05, 3.63) is 35.9 Å². The molecule has 0 aromatic heterocycles. The average molecular weight is 349 g/mol. The zero-order valence-electron chi connectivity index (χ0n) is 15.8. The molecule has 1 aromatic rings. The van der Waals surface area contributed by atoms with Crippen molar-refractivity contribution >= 4 is 8.32 Å². The van der Waals surface area contributed by atoms with Gasteiger partial charge in [-0.2, -0.15) is 0 Å². The molecule has 1 aromatic carbocycles. The first-order valence-corrected chi connectivity index (χ1v) is 12.2. The third kappa shape index (κ3) is 3.62. The summed E-state index contributed by atoms with van der Waals surface area (Å²) >= 11 is 0. The normalized spacial score (nSPS) is 27.5. The summed E-state index contributed by atoms with van der Waals surface area (Å²) in [6.45, 7) is 11.4. The molecule has 1 heterocycles. The minimum Gasteiger partial charge on any atom is -0.390 e. The van der Waals surface area contributed by atoms with Crippen molar-refractivity contribution in [1.82, 2.24) is 0 Å². The van der Waals surface area contributed by atoms with Gasteiger partial charge in [0.1, 0.15) is 6.10 Å². The van der Waals surface area contributed by atoms with Gasteiger partial charge >= 0.3 is 0 Å². The van der Waals surface area contributed by atoms with Gasteiger partial charge in [-0.15, -0.1) is 0 Å². The van der Waals surface area contributed by atoms with Crippen molar-refractivity contribution in [3.8, 4) is 0 Å². The Morgan fingerprint density at radius 1 is 1.00 bits per heavy atom. The molecule has 0 radical (unpaired) electrons. The SMILES string of the molecule is CC(C)(C)[Si](C)(C)O[C@@H]1OC2(CCCCC2)O[C@H]1c1ccccc1. The summed E-state index contributed by atoms with van der Waals surface area (Å²) in [6.07, 6.45) is 5.16.